The van der Waals surface area contributed by atoms with Crippen molar-refractivity contribution in [1.82, 2.24) is 24.9 Å². The lowest BCUT2D eigenvalue weighted by molar-refractivity contribution is 0.0945. The van der Waals surface area contributed by atoms with Crippen molar-refractivity contribution in [3.8, 4) is 17.0 Å². The summed E-state index contributed by atoms with van der Waals surface area (Å²) in [4.78, 5) is 21.2. The predicted molar refractivity (Wildman–Crippen MR) is 159 cm³/mol. The molecular weight excluding hydrogens is 525 g/mol. The number of carbonyl (C=O) groups is 1. The molecular formula is C31H38FN5O2S. The summed E-state index contributed by atoms with van der Waals surface area (Å²) >= 11 is 1.49. The van der Waals surface area contributed by atoms with Crippen LogP contribution < -0.4 is 15.4 Å². The third-order valence-corrected chi connectivity index (χ3v) is 8.94. The molecule has 212 valence electrons. The maximum Gasteiger partial charge on any atom is 0.255 e. The van der Waals surface area contributed by atoms with Crippen molar-refractivity contribution < 1.29 is 13.9 Å². The molecule has 4 aromatic rings. The number of thiazole rings is 1. The highest BCUT2D eigenvalue weighted by atomic mass is 32.1. The number of piperidine rings is 1. The second-order valence-electron chi connectivity index (χ2n) is 11.3. The van der Waals surface area contributed by atoms with Crippen LogP contribution in [0.2, 0.25) is 0 Å². The molecule has 2 aliphatic heterocycles. The van der Waals surface area contributed by atoms with Gasteiger partial charge in [-0.2, -0.15) is 0 Å². The van der Waals surface area contributed by atoms with Gasteiger partial charge in [0.05, 0.1) is 27.6 Å². The van der Waals surface area contributed by atoms with Gasteiger partial charge in [0.2, 0.25) is 0 Å². The fourth-order valence-corrected chi connectivity index (χ4v) is 6.92. The zero-order valence-electron chi connectivity index (χ0n) is 23.3. The first-order valence-electron chi connectivity index (χ1n) is 14.6. The highest BCUT2D eigenvalue weighted by Crippen LogP contribution is 2.35. The average Bonchev–Trinajstić information content (AvgIpc) is 3.68. The van der Waals surface area contributed by atoms with Crippen LogP contribution in [-0.4, -0.2) is 59.0 Å². The number of amides is 1. The third-order valence-electron chi connectivity index (χ3n) is 7.92. The number of halogens is 1. The van der Waals surface area contributed by atoms with E-state index in [0.717, 1.165) is 66.2 Å². The van der Waals surface area contributed by atoms with Gasteiger partial charge in [0.25, 0.3) is 5.91 Å². The van der Waals surface area contributed by atoms with E-state index >= 15 is 4.39 Å². The minimum atomic E-state index is -0.260. The molecule has 0 bridgehead atoms. The van der Waals surface area contributed by atoms with E-state index in [1.807, 2.05) is 48.7 Å². The van der Waals surface area contributed by atoms with Crippen LogP contribution in [0.15, 0.2) is 36.5 Å². The van der Waals surface area contributed by atoms with E-state index in [9.17, 15) is 4.79 Å². The minimum Gasteiger partial charge on any atom is -0.490 e. The van der Waals surface area contributed by atoms with E-state index in [2.05, 4.69) is 15.5 Å². The Hall–Kier alpha value is -3.01. The van der Waals surface area contributed by atoms with Crippen LogP contribution in [0.25, 0.3) is 26.4 Å². The van der Waals surface area contributed by atoms with Gasteiger partial charge in [-0.3, -0.25) is 9.20 Å². The molecule has 0 spiro atoms. The van der Waals surface area contributed by atoms with Crippen molar-refractivity contribution in [1.29, 1.82) is 0 Å². The number of benzene rings is 2. The highest BCUT2D eigenvalue weighted by molar-refractivity contribution is 7.23. The van der Waals surface area contributed by atoms with Crippen molar-refractivity contribution in [2.75, 3.05) is 32.7 Å². The van der Waals surface area contributed by atoms with E-state index in [-0.39, 0.29) is 23.9 Å². The summed E-state index contributed by atoms with van der Waals surface area (Å²) in [6.45, 7) is 8.85. The molecule has 9 heteroatoms. The molecule has 2 saturated heterocycles. The molecule has 2 N–H and O–H groups in total. The van der Waals surface area contributed by atoms with E-state index < -0.39 is 0 Å². The van der Waals surface area contributed by atoms with Gasteiger partial charge in [-0.15, -0.1) is 0 Å². The molecule has 40 heavy (non-hydrogen) atoms. The summed E-state index contributed by atoms with van der Waals surface area (Å²) in [6.07, 6.45) is 8.73. The van der Waals surface area contributed by atoms with Crippen LogP contribution in [0, 0.1) is 5.82 Å². The second kappa shape index (κ2) is 11.8. The van der Waals surface area contributed by atoms with Crippen molar-refractivity contribution in [2.45, 2.75) is 64.5 Å². The highest BCUT2D eigenvalue weighted by Gasteiger charge is 2.21. The Morgan fingerprint density at radius 2 is 2.05 bits per heavy atom. The molecule has 2 fully saturated rings. The summed E-state index contributed by atoms with van der Waals surface area (Å²) in [5, 5.41) is 6.52. The third kappa shape index (κ3) is 5.73. The van der Waals surface area contributed by atoms with Crippen LogP contribution in [0.3, 0.4) is 0 Å². The Labute approximate surface area is 238 Å². The molecule has 2 aromatic heterocycles. The number of nitrogens with one attached hydrogen (secondary N) is 2. The first kappa shape index (κ1) is 27.2. The molecule has 0 radical (unpaired) electrons. The van der Waals surface area contributed by atoms with E-state index in [1.54, 1.807) is 6.07 Å². The predicted octanol–water partition coefficient (Wildman–Crippen LogP) is 6.17. The largest absolute Gasteiger partial charge is 0.490 e. The first-order chi connectivity index (χ1) is 19.5. The Morgan fingerprint density at radius 3 is 2.80 bits per heavy atom. The Kier molecular flexibility index (Phi) is 8.05. The minimum absolute atomic E-state index is 0.0856. The number of hydrogen-bond donors (Lipinski definition) is 2. The lowest BCUT2D eigenvalue weighted by Crippen LogP contribution is -2.33. The lowest BCUT2D eigenvalue weighted by atomic mass is 10.0. The van der Waals surface area contributed by atoms with Crippen molar-refractivity contribution in [3.63, 3.8) is 0 Å². The summed E-state index contributed by atoms with van der Waals surface area (Å²) in [6, 6.07) is 9.50. The van der Waals surface area contributed by atoms with Gasteiger partial charge >= 0.3 is 0 Å². The van der Waals surface area contributed by atoms with E-state index in [1.165, 1.54) is 30.6 Å². The Balaban J connectivity index is 1.23. The lowest BCUT2D eigenvalue weighted by Gasteiger charge is -2.26. The van der Waals surface area contributed by atoms with Gasteiger partial charge in [-0.1, -0.05) is 23.8 Å². The Morgan fingerprint density at radius 1 is 1.20 bits per heavy atom. The average molecular weight is 564 g/mol. The number of ether oxygens (including phenoxy) is 1. The van der Waals surface area contributed by atoms with Crippen LogP contribution >= 0.6 is 11.3 Å². The number of aromatic nitrogens is 2. The zero-order chi connectivity index (χ0) is 27.6. The number of rotatable bonds is 9. The molecule has 0 unspecified atom stereocenters. The number of likely N-dealkylation sites (tertiary alicyclic amines) is 1. The second-order valence-corrected chi connectivity index (χ2v) is 12.3. The SMILES string of the molecule is CC(C)Oc1cc2c(cc1C(=O)NCCCN1CCCCC1)sc1nc(-c3ccc([C@H]4CCCN4)cc3F)cn12. The molecule has 6 rings (SSSR count). The van der Waals surface area contributed by atoms with Gasteiger partial charge in [0, 0.05) is 30.4 Å². The Bertz CT molecular complexity index is 1500. The number of imidazole rings is 1. The molecule has 2 aromatic carbocycles. The van der Waals surface area contributed by atoms with Gasteiger partial charge < -0.3 is 20.3 Å². The summed E-state index contributed by atoms with van der Waals surface area (Å²) in [7, 11) is 0. The smallest absolute Gasteiger partial charge is 0.255 e. The molecule has 7 nitrogen and oxygen atoms in total. The normalized spacial score (nSPS) is 18.2. The van der Waals surface area contributed by atoms with Crippen molar-refractivity contribution in [2.24, 2.45) is 0 Å². The monoisotopic (exact) mass is 563 g/mol. The molecule has 2 aliphatic rings. The van der Waals surface area contributed by atoms with Crippen LogP contribution in [0.5, 0.6) is 5.75 Å². The van der Waals surface area contributed by atoms with Crippen molar-refractivity contribution >= 4 is 32.4 Å². The van der Waals surface area contributed by atoms with Crippen molar-refractivity contribution in [3.05, 3.63) is 53.5 Å². The number of fused-ring (bicyclic) bond motifs is 3. The summed E-state index contributed by atoms with van der Waals surface area (Å²) in [5.74, 6) is 0.164. The maximum absolute atomic E-state index is 15.2. The molecule has 1 atom stereocenters. The summed E-state index contributed by atoms with van der Waals surface area (Å²) in [5.41, 5.74) is 3.50. The standard InChI is InChI=1S/C31H38FN5O2S/c1-20(2)39-28-18-27-29(17-23(28)30(38)34-12-7-15-36-13-4-3-5-14-36)40-31-35-26(19-37(27)31)22-10-9-21(16-24(22)32)25-8-6-11-33-25/h9-10,16-20,25,33H,3-8,11-15H2,1-2H3,(H,34,38)/t25-/m1/s1. The number of hydrogen-bond acceptors (Lipinski definition) is 6. The fourth-order valence-electron chi connectivity index (χ4n) is 5.89. The zero-order valence-corrected chi connectivity index (χ0v) is 24.2. The fraction of sp³-hybridized carbons (Fsp3) is 0.484. The number of nitrogens with zero attached hydrogens (tertiary/aromatic N) is 3. The van der Waals surface area contributed by atoms with Gasteiger partial charge in [0.15, 0.2) is 4.96 Å². The molecule has 1 amide bonds. The van der Waals surface area contributed by atoms with Crippen LogP contribution in [-0.2, 0) is 0 Å². The topological polar surface area (TPSA) is 70.9 Å². The quantitative estimate of drug-likeness (QED) is 0.238. The summed E-state index contributed by atoms with van der Waals surface area (Å²) < 4.78 is 24.2. The van der Waals surface area contributed by atoms with Gasteiger partial charge in [0.1, 0.15) is 11.6 Å². The van der Waals surface area contributed by atoms with Gasteiger partial charge in [-0.25, -0.2) is 9.37 Å². The first-order valence-corrected chi connectivity index (χ1v) is 15.4. The van der Waals surface area contributed by atoms with Gasteiger partial charge in [-0.05, 0) is 95.9 Å². The van der Waals surface area contributed by atoms with Crippen LogP contribution in [0.1, 0.15) is 74.3 Å². The molecule has 0 aliphatic carbocycles. The number of carbonyl (C=O) groups excluding carboxylic acids is 1. The molecule has 0 saturated carbocycles. The van der Waals surface area contributed by atoms with E-state index in [4.69, 9.17) is 9.72 Å². The van der Waals surface area contributed by atoms with Crippen LogP contribution in [0.4, 0.5) is 4.39 Å². The maximum atomic E-state index is 15.2. The molecule has 4 heterocycles. The van der Waals surface area contributed by atoms with E-state index in [0.29, 0.717) is 29.1 Å².